The largest absolute Gasteiger partial charge is 0.363 e. The first-order valence-corrected chi connectivity index (χ1v) is 12.4. The first kappa shape index (κ1) is 25.2. The summed E-state index contributed by atoms with van der Waals surface area (Å²) >= 11 is 0. The number of anilines is 2. The molecule has 2 fully saturated rings. The number of aromatic nitrogens is 3. The lowest BCUT2D eigenvalue weighted by Crippen LogP contribution is -2.53. The molecule has 1 amide bonds. The van der Waals surface area contributed by atoms with E-state index in [-0.39, 0.29) is 23.4 Å². The van der Waals surface area contributed by atoms with Crippen LogP contribution in [0.3, 0.4) is 0 Å². The summed E-state index contributed by atoms with van der Waals surface area (Å²) in [5, 5.41) is 7.04. The third-order valence-electron chi connectivity index (χ3n) is 7.09. The fourth-order valence-electron chi connectivity index (χ4n) is 5.04. The van der Waals surface area contributed by atoms with E-state index in [2.05, 4.69) is 35.4 Å². The molecule has 0 radical (unpaired) electrons. The number of amides is 1. The number of pyridine rings is 1. The van der Waals surface area contributed by atoms with Gasteiger partial charge in [-0.05, 0) is 33.4 Å². The molecular weight excluding hydrogens is 483 g/mol. The second-order valence-corrected chi connectivity index (χ2v) is 9.95. The predicted molar refractivity (Wildman–Crippen MR) is 135 cm³/mol. The molecule has 3 aromatic rings. The van der Waals surface area contributed by atoms with Gasteiger partial charge in [0.2, 0.25) is 5.91 Å². The molecule has 5 rings (SSSR count). The van der Waals surface area contributed by atoms with Crippen LogP contribution in [0.5, 0.6) is 0 Å². The molecule has 196 valence electrons. The van der Waals surface area contributed by atoms with Crippen molar-refractivity contribution >= 4 is 28.4 Å². The smallest absolute Gasteiger partial charge is 0.266 e. The SMILES string of the molecule is Cc1nc(NC(C)c2cccc(C(F)F)c2F)c2cc(N3CC[C@@H](NC(=O)C4CN(C)C4)C3)ncc2n1. The highest BCUT2D eigenvalue weighted by molar-refractivity contribution is 5.90. The van der Waals surface area contributed by atoms with E-state index in [4.69, 9.17) is 0 Å². The second-order valence-electron chi connectivity index (χ2n) is 9.95. The van der Waals surface area contributed by atoms with E-state index in [9.17, 15) is 18.0 Å². The maximum atomic E-state index is 14.8. The number of fused-ring (bicyclic) bond motifs is 1. The van der Waals surface area contributed by atoms with Crippen LogP contribution in [-0.2, 0) is 4.79 Å². The van der Waals surface area contributed by atoms with Crippen molar-refractivity contribution in [3.63, 3.8) is 0 Å². The van der Waals surface area contributed by atoms with E-state index in [1.165, 1.54) is 12.1 Å². The van der Waals surface area contributed by atoms with Gasteiger partial charge in [-0.15, -0.1) is 0 Å². The zero-order valence-electron chi connectivity index (χ0n) is 21.0. The minimum Gasteiger partial charge on any atom is -0.363 e. The Morgan fingerprint density at radius 3 is 2.65 bits per heavy atom. The number of rotatable bonds is 7. The van der Waals surface area contributed by atoms with Gasteiger partial charge >= 0.3 is 0 Å². The molecule has 2 aliphatic heterocycles. The van der Waals surface area contributed by atoms with Gasteiger partial charge in [-0.25, -0.2) is 28.1 Å². The van der Waals surface area contributed by atoms with Crippen LogP contribution in [0.2, 0.25) is 0 Å². The van der Waals surface area contributed by atoms with Gasteiger partial charge in [-0.1, -0.05) is 18.2 Å². The van der Waals surface area contributed by atoms with Crippen molar-refractivity contribution < 1.29 is 18.0 Å². The van der Waals surface area contributed by atoms with Crippen LogP contribution in [0.25, 0.3) is 10.9 Å². The second kappa shape index (κ2) is 10.1. The summed E-state index contributed by atoms with van der Waals surface area (Å²) in [7, 11) is 2.00. The normalized spacial score (nSPS) is 19.3. The molecule has 1 unspecified atom stereocenters. The van der Waals surface area contributed by atoms with Gasteiger partial charge < -0.3 is 20.4 Å². The average Bonchev–Trinajstić information content (AvgIpc) is 3.30. The van der Waals surface area contributed by atoms with Gasteiger partial charge in [0.25, 0.3) is 6.43 Å². The number of carbonyl (C=O) groups excluding carboxylic acids is 1. The summed E-state index contributed by atoms with van der Waals surface area (Å²) in [6.07, 6.45) is -0.407. The summed E-state index contributed by atoms with van der Waals surface area (Å²) in [6, 6.07) is 5.31. The Kier molecular flexibility index (Phi) is 6.89. The van der Waals surface area contributed by atoms with E-state index >= 15 is 0 Å². The summed E-state index contributed by atoms with van der Waals surface area (Å²) in [5.74, 6) is 0.932. The number of nitrogens with zero attached hydrogens (tertiary/aromatic N) is 5. The van der Waals surface area contributed by atoms with Gasteiger partial charge in [-0.2, -0.15) is 0 Å². The molecule has 0 saturated carbocycles. The summed E-state index contributed by atoms with van der Waals surface area (Å²) < 4.78 is 41.2. The number of hydrogen-bond acceptors (Lipinski definition) is 7. The van der Waals surface area contributed by atoms with E-state index < -0.39 is 23.8 Å². The molecule has 4 heterocycles. The van der Waals surface area contributed by atoms with Gasteiger partial charge in [-0.3, -0.25) is 4.79 Å². The number of carbonyl (C=O) groups is 1. The van der Waals surface area contributed by atoms with Crippen molar-refractivity contribution in [1.29, 1.82) is 0 Å². The van der Waals surface area contributed by atoms with Crippen LogP contribution in [0.1, 0.15) is 42.8 Å². The number of hydrogen-bond donors (Lipinski definition) is 2. The lowest BCUT2D eigenvalue weighted by molar-refractivity contribution is -0.130. The Hall–Kier alpha value is -3.47. The standard InChI is InChI=1S/C26H30F3N7O/c1-14(18-5-4-6-19(23(18)27)24(28)29)31-25-20-9-22(30-10-21(20)32-15(2)33-25)36-8-7-17(13-36)34-26(37)16-11-35(3)12-16/h4-6,9-10,14,16-17,24H,7-8,11-13H2,1-3H3,(H,34,37)(H,31,32,33)/t14?,17-/m1/s1. The fourth-order valence-corrected chi connectivity index (χ4v) is 5.04. The maximum absolute atomic E-state index is 14.8. The number of nitrogens with one attached hydrogen (secondary N) is 2. The van der Waals surface area contributed by atoms with Crippen molar-refractivity contribution in [1.82, 2.24) is 25.2 Å². The molecule has 2 aliphatic rings. The van der Waals surface area contributed by atoms with Gasteiger partial charge in [0.1, 0.15) is 23.3 Å². The Balaban J connectivity index is 1.35. The van der Waals surface area contributed by atoms with Crippen LogP contribution in [0.4, 0.5) is 24.8 Å². The molecule has 11 heteroatoms. The van der Waals surface area contributed by atoms with Crippen LogP contribution in [-0.4, -0.2) is 65.0 Å². The first-order valence-electron chi connectivity index (χ1n) is 12.4. The minimum absolute atomic E-state index is 0.0490. The fraction of sp³-hybridized carbons (Fsp3) is 0.462. The zero-order chi connectivity index (χ0) is 26.3. The van der Waals surface area contributed by atoms with Crippen molar-refractivity contribution in [2.24, 2.45) is 5.92 Å². The van der Waals surface area contributed by atoms with E-state index in [0.29, 0.717) is 29.1 Å². The summed E-state index contributed by atoms with van der Waals surface area (Å²) in [4.78, 5) is 30.3. The average molecular weight is 514 g/mol. The van der Waals surface area contributed by atoms with E-state index in [0.717, 1.165) is 37.9 Å². The lowest BCUT2D eigenvalue weighted by Gasteiger charge is -2.35. The molecule has 2 atom stereocenters. The molecule has 2 saturated heterocycles. The Labute approximate surface area is 213 Å². The number of aryl methyl sites for hydroxylation is 1. The zero-order valence-corrected chi connectivity index (χ0v) is 21.0. The van der Waals surface area contributed by atoms with Crippen molar-refractivity contribution in [2.75, 3.05) is 43.4 Å². The highest BCUT2D eigenvalue weighted by Gasteiger charge is 2.33. The molecule has 2 N–H and O–H groups in total. The van der Waals surface area contributed by atoms with E-state index in [1.54, 1.807) is 20.0 Å². The third-order valence-corrected chi connectivity index (χ3v) is 7.09. The number of halogens is 3. The van der Waals surface area contributed by atoms with Crippen LogP contribution < -0.4 is 15.5 Å². The first-order chi connectivity index (χ1) is 17.7. The quantitative estimate of drug-likeness (QED) is 0.497. The molecular formula is C26H30F3N7O. The number of likely N-dealkylation sites (tertiary alicyclic amines) is 1. The monoisotopic (exact) mass is 513 g/mol. The number of benzene rings is 1. The summed E-state index contributed by atoms with van der Waals surface area (Å²) in [5.41, 5.74) is 0.125. The molecule has 8 nitrogen and oxygen atoms in total. The highest BCUT2D eigenvalue weighted by atomic mass is 19.3. The van der Waals surface area contributed by atoms with Crippen molar-refractivity contribution in [3.8, 4) is 0 Å². The van der Waals surface area contributed by atoms with Crippen LogP contribution in [0, 0.1) is 18.7 Å². The minimum atomic E-state index is -2.90. The highest BCUT2D eigenvalue weighted by Crippen LogP contribution is 2.31. The molecule has 1 aromatic carbocycles. The maximum Gasteiger partial charge on any atom is 0.266 e. The Bertz CT molecular complexity index is 1310. The predicted octanol–water partition coefficient (Wildman–Crippen LogP) is 3.84. The molecule has 37 heavy (non-hydrogen) atoms. The van der Waals surface area contributed by atoms with Gasteiger partial charge in [0.05, 0.1) is 29.2 Å². The van der Waals surface area contributed by atoms with Crippen LogP contribution >= 0.6 is 0 Å². The Morgan fingerprint density at radius 1 is 1.16 bits per heavy atom. The molecule has 0 spiro atoms. The lowest BCUT2D eigenvalue weighted by atomic mass is 10.00. The van der Waals surface area contributed by atoms with Gasteiger partial charge in [0, 0.05) is 43.2 Å². The molecule has 0 bridgehead atoms. The third kappa shape index (κ3) is 5.18. The Morgan fingerprint density at radius 2 is 1.92 bits per heavy atom. The molecule has 2 aromatic heterocycles. The van der Waals surface area contributed by atoms with E-state index in [1.807, 2.05) is 13.1 Å². The molecule has 0 aliphatic carbocycles. The van der Waals surface area contributed by atoms with Crippen LogP contribution in [0.15, 0.2) is 30.5 Å². The van der Waals surface area contributed by atoms with Crippen molar-refractivity contribution in [2.45, 2.75) is 38.8 Å². The number of alkyl halides is 2. The van der Waals surface area contributed by atoms with Crippen molar-refractivity contribution in [3.05, 3.63) is 53.2 Å². The summed E-state index contributed by atoms with van der Waals surface area (Å²) in [6.45, 7) is 6.41. The van der Waals surface area contributed by atoms with Gasteiger partial charge in [0.15, 0.2) is 0 Å². The topological polar surface area (TPSA) is 86.3 Å².